The lowest BCUT2D eigenvalue weighted by atomic mass is 10.2. The van der Waals surface area contributed by atoms with Gasteiger partial charge in [0.25, 0.3) is 5.91 Å². The molecule has 0 unspecified atom stereocenters. The molecule has 1 amide bonds. The molecule has 19 heavy (non-hydrogen) atoms. The molecular formula is C14H12N2O3. The molecule has 2 rings (SSSR count). The molecule has 1 aromatic heterocycles. The number of aliphatic carboxylic acids is 1. The highest BCUT2D eigenvalue weighted by Gasteiger charge is 2.09. The largest absolute Gasteiger partial charge is 0.478 e. The smallest absolute Gasteiger partial charge is 0.328 e. The third-order valence-corrected chi connectivity index (χ3v) is 2.58. The van der Waals surface area contributed by atoms with Gasteiger partial charge in [-0.2, -0.15) is 0 Å². The van der Waals surface area contributed by atoms with Gasteiger partial charge in [-0.3, -0.25) is 9.78 Å². The summed E-state index contributed by atoms with van der Waals surface area (Å²) < 4.78 is 0. The lowest BCUT2D eigenvalue weighted by Gasteiger charge is -2.07. The second-order valence-corrected chi connectivity index (χ2v) is 4.00. The Morgan fingerprint density at radius 2 is 2.00 bits per heavy atom. The molecule has 2 aromatic rings. The monoisotopic (exact) mass is 256 g/mol. The number of carbonyl (C=O) groups is 2. The summed E-state index contributed by atoms with van der Waals surface area (Å²) in [6.45, 7) is 1.45. The number of carboxylic acids is 1. The van der Waals surface area contributed by atoms with Crippen molar-refractivity contribution in [3.63, 3.8) is 0 Å². The van der Waals surface area contributed by atoms with Crippen LogP contribution in [0.2, 0.25) is 0 Å². The van der Waals surface area contributed by atoms with Gasteiger partial charge >= 0.3 is 5.97 Å². The number of carbonyl (C=O) groups excluding carboxylic acids is 1. The molecule has 0 aliphatic rings. The number of nitrogens with zero attached hydrogens (tertiary/aromatic N) is 1. The van der Waals surface area contributed by atoms with Gasteiger partial charge in [0.2, 0.25) is 0 Å². The third kappa shape index (κ3) is 2.95. The minimum absolute atomic E-state index is 0.125. The van der Waals surface area contributed by atoms with E-state index in [1.54, 1.807) is 18.3 Å². The van der Waals surface area contributed by atoms with Gasteiger partial charge in [-0.1, -0.05) is 18.2 Å². The average molecular weight is 256 g/mol. The number of nitrogens with one attached hydrogen (secondary N) is 1. The van der Waals surface area contributed by atoms with E-state index in [9.17, 15) is 9.59 Å². The first-order valence-corrected chi connectivity index (χ1v) is 5.64. The maximum Gasteiger partial charge on any atom is 0.328 e. The minimum Gasteiger partial charge on any atom is -0.478 e. The Hall–Kier alpha value is -2.69. The Balaban J connectivity index is 2.32. The van der Waals surface area contributed by atoms with Crippen LogP contribution in [0.4, 0.5) is 5.69 Å². The van der Waals surface area contributed by atoms with E-state index in [0.29, 0.717) is 11.2 Å². The highest BCUT2D eigenvalue weighted by Crippen LogP contribution is 2.20. The molecule has 1 heterocycles. The van der Waals surface area contributed by atoms with Crippen LogP contribution in [0.1, 0.15) is 6.92 Å². The number of amides is 1. The number of anilines is 1. The summed E-state index contributed by atoms with van der Waals surface area (Å²) in [5.74, 6) is -1.61. The summed E-state index contributed by atoms with van der Waals surface area (Å²) in [6.07, 6.45) is 2.51. The normalized spacial score (nSPS) is 11.3. The van der Waals surface area contributed by atoms with E-state index in [4.69, 9.17) is 5.11 Å². The first-order chi connectivity index (χ1) is 9.08. The van der Waals surface area contributed by atoms with Crippen molar-refractivity contribution in [1.82, 2.24) is 4.98 Å². The number of hydrogen-bond donors (Lipinski definition) is 2. The standard InChI is InChI=1S/C14H12N2O3/c1-9(8-12(17)18)14(19)16-11-6-2-4-10-5-3-7-15-13(10)11/h2-8H,1H3,(H,16,19)(H,17,18)/b9-8+. The maximum atomic E-state index is 11.8. The molecule has 0 aliphatic heterocycles. The number of hydrogen-bond acceptors (Lipinski definition) is 3. The highest BCUT2D eigenvalue weighted by atomic mass is 16.4. The summed E-state index contributed by atoms with van der Waals surface area (Å²) >= 11 is 0. The van der Waals surface area contributed by atoms with Crippen molar-refractivity contribution in [2.45, 2.75) is 6.92 Å². The van der Waals surface area contributed by atoms with Gasteiger partial charge in [-0.05, 0) is 19.1 Å². The third-order valence-electron chi connectivity index (χ3n) is 2.58. The van der Waals surface area contributed by atoms with Crippen LogP contribution in [0.5, 0.6) is 0 Å². The Kier molecular flexibility index (Phi) is 3.56. The summed E-state index contributed by atoms with van der Waals surface area (Å²) in [5.41, 5.74) is 1.35. The zero-order chi connectivity index (χ0) is 13.8. The fourth-order valence-corrected chi connectivity index (χ4v) is 1.68. The molecular weight excluding hydrogens is 244 g/mol. The lowest BCUT2D eigenvalue weighted by molar-refractivity contribution is -0.131. The molecule has 0 saturated carbocycles. The van der Waals surface area contributed by atoms with Crippen molar-refractivity contribution in [3.8, 4) is 0 Å². The van der Waals surface area contributed by atoms with Crippen LogP contribution in [0.3, 0.4) is 0 Å². The first kappa shape index (κ1) is 12.8. The summed E-state index contributed by atoms with van der Waals surface area (Å²) in [7, 11) is 0. The van der Waals surface area contributed by atoms with Crippen LogP contribution >= 0.6 is 0 Å². The van der Waals surface area contributed by atoms with Crippen LogP contribution in [0, 0.1) is 0 Å². The van der Waals surface area contributed by atoms with Crippen LogP contribution in [0.25, 0.3) is 10.9 Å². The summed E-state index contributed by atoms with van der Waals surface area (Å²) in [4.78, 5) is 26.5. The molecule has 2 N–H and O–H groups in total. The molecule has 1 aromatic carbocycles. The van der Waals surface area contributed by atoms with E-state index in [0.717, 1.165) is 11.5 Å². The summed E-state index contributed by atoms with van der Waals surface area (Å²) in [5, 5.41) is 12.2. The van der Waals surface area contributed by atoms with Crippen LogP contribution in [-0.4, -0.2) is 22.0 Å². The molecule has 0 bridgehead atoms. The van der Waals surface area contributed by atoms with E-state index in [1.807, 2.05) is 18.2 Å². The molecule has 0 saturated heterocycles. The number of para-hydroxylation sites is 1. The number of pyridine rings is 1. The molecule has 0 fully saturated rings. The number of carboxylic acid groups (broad SMARTS) is 1. The molecule has 0 spiro atoms. The van der Waals surface area contributed by atoms with Gasteiger partial charge in [-0.15, -0.1) is 0 Å². The number of fused-ring (bicyclic) bond motifs is 1. The second-order valence-electron chi connectivity index (χ2n) is 4.00. The minimum atomic E-state index is -1.15. The van der Waals surface area contributed by atoms with E-state index >= 15 is 0 Å². The van der Waals surface area contributed by atoms with Crippen LogP contribution in [-0.2, 0) is 9.59 Å². The topological polar surface area (TPSA) is 79.3 Å². The van der Waals surface area contributed by atoms with Crippen molar-refractivity contribution in [2.75, 3.05) is 5.32 Å². The van der Waals surface area contributed by atoms with Gasteiger partial charge in [0.1, 0.15) is 0 Å². The van der Waals surface area contributed by atoms with Crippen molar-refractivity contribution in [2.24, 2.45) is 0 Å². The Labute approximate surface area is 109 Å². The van der Waals surface area contributed by atoms with Gasteiger partial charge in [0.05, 0.1) is 11.2 Å². The highest BCUT2D eigenvalue weighted by molar-refractivity contribution is 6.09. The quantitative estimate of drug-likeness (QED) is 0.825. The van der Waals surface area contributed by atoms with Crippen molar-refractivity contribution < 1.29 is 14.7 Å². The fourth-order valence-electron chi connectivity index (χ4n) is 1.68. The lowest BCUT2D eigenvalue weighted by Crippen LogP contribution is -2.14. The van der Waals surface area contributed by atoms with E-state index in [-0.39, 0.29) is 5.57 Å². The van der Waals surface area contributed by atoms with E-state index in [1.165, 1.54) is 6.92 Å². The fraction of sp³-hybridized carbons (Fsp3) is 0.0714. The first-order valence-electron chi connectivity index (χ1n) is 5.64. The Morgan fingerprint density at radius 3 is 2.74 bits per heavy atom. The number of benzene rings is 1. The van der Waals surface area contributed by atoms with Crippen LogP contribution in [0.15, 0.2) is 48.2 Å². The molecule has 0 atom stereocenters. The van der Waals surface area contributed by atoms with Gasteiger partial charge in [0.15, 0.2) is 0 Å². The van der Waals surface area contributed by atoms with Gasteiger partial charge in [0, 0.05) is 23.2 Å². The molecule has 0 radical (unpaired) electrons. The predicted octanol–water partition coefficient (Wildman–Crippen LogP) is 2.20. The van der Waals surface area contributed by atoms with Crippen molar-refractivity contribution >= 4 is 28.5 Å². The Morgan fingerprint density at radius 1 is 1.26 bits per heavy atom. The SMILES string of the molecule is C/C(=C\C(=O)O)C(=O)Nc1cccc2cccnc12. The average Bonchev–Trinajstić information content (AvgIpc) is 2.38. The van der Waals surface area contributed by atoms with Crippen molar-refractivity contribution in [1.29, 1.82) is 0 Å². The second kappa shape index (κ2) is 5.30. The maximum absolute atomic E-state index is 11.8. The van der Waals surface area contributed by atoms with E-state index in [2.05, 4.69) is 10.3 Å². The van der Waals surface area contributed by atoms with Gasteiger partial charge in [-0.25, -0.2) is 4.79 Å². The predicted molar refractivity (Wildman–Crippen MR) is 71.8 cm³/mol. The molecule has 5 heteroatoms. The zero-order valence-electron chi connectivity index (χ0n) is 10.3. The van der Waals surface area contributed by atoms with Gasteiger partial charge < -0.3 is 10.4 Å². The molecule has 0 aliphatic carbocycles. The van der Waals surface area contributed by atoms with E-state index < -0.39 is 11.9 Å². The summed E-state index contributed by atoms with van der Waals surface area (Å²) in [6, 6.07) is 9.11. The van der Waals surface area contributed by atoms with Crippen molar-refractivity contribution in [3.05, 3.63) is 48.2 Å². The molecule has 5 nitrogen and oxygen atoms in total. The number of rotatable bonds is 3. The Bertz CT molecular complexity index is 672. The zero-order valence-corrected chi connectivity index (χ0v) is 10.3. The van der Waals surface area contributed by atoms with Crippen LogP contribution < -0.4 is 5.32 Å². The molecule has 96 valence electrons. The number of aromatic nitrogens is 1.